The van der Waals surface area contributed by atoms with Crippen molar-refractivity contribution < 1.29 is 14.3 Å². The lowest BCUT2D eigenvalue weighted by Gasteiger charge is -2.52. The van der Waals surface area contributed by atoms with E-state index in [-0.39, 0.29) is 11.5 Å². The van der Waals surface area contributed by atoms with Crippen molar-refractivity contribution in [2.45, 2.75) is 72.1 Å². The van der Waals surface area contributed by atoms with Crippen molar-refractivity contribution in [3.8, 4) is 0 Å². The van der Waals surface area contributed by atoms with Crippen LogP contribution in [0.4, 0.5) is 4.79 Å². The monoisotopic (exact) mass is 326 g/mol. The summed E-state index contributed by atoms with van der Waals surface area (Å²) in [4.78, 5) is 13.9. The van der Waals surface area contributed by atoms with E-state index in [4.69, 9.17) is 9.47 Å². The highest BCUT2D eigenvalue weighted by molar-refractivity contribution is 5.68. The molecule has 0 aromatic rings. The summed E-state index contributed by atoms with van der Waals surface area (Å²) in [5.74, 6) is 0.518. The Kier molecular flexibility index (Phi) is 5.62. The molecule has 1 heterocycles. The second kappa shape index (κ2) is 6.98. The first-order valence-corrected chi connectivity index (χ1v) is 8.96. The molecule has 1 saturated carbocycles. The van der Waals surface area contributed by atoms with Gasteiger partial charge >= 0.3 is 6.09 Å². The molecule has 0 aromatic heterocycles. The lowest BCUT2D eigenvalue weighted by molar-refractivity contribution is -0.114. The van der Waals surface area contributed by atoms with E-state index in [1.54, 1.807) is 0 Å². The first-order chi connectivity index (χ1) is 10.6. The molecule has 1 N–H and O–H groups in total. The molecule has 3 unspecified atom stereocenters. The number of ether oxygens (including phenoxy) is 2. The third-order valence-corrected chi connectivity index (χ3v) is 5.14. The van der Waals surface area contributed by atoms with Gasteiger partial charge in [0.25, 0.3) is 0 Å². The van der Waals surface area contributed by atoms with Gasteiger partial charge in [-0.15, -0.1) is 0 Å². The number of carbonyl (C=O) groups is 1. The van der Waals surface area contributed by atoms with Crippen LogP contribution in [0.25, 0.3) is 0 Å². The molecule has 1 amide bonds. The van der Waals surface area contributed by atoms with Gasteiger partial charge in [0.1, 0.15) is 5.60 Å². The Morgan fingerprint density at radius 2 is 2.04 bits per heavy atom. The predicted octanol–water partition coefficient (Wildman–Crippen LogP) is 3.04. The van der Waals surface area contributed by atoms with Crippen molar-refractivity contribution >= 4 is 6.09 Å². The van der Waals surface area contributed by atoms with Gasteiger partial charge in [0.05, 0.1) is 6.10 Å². The van der Waals surface area contributed by atoms with E-state index in [0.717, 1.165) is 39.1 Å². The van der Waals surface area contributed by atoms with Crippen molar-refractivity contribution in [1.82, 2.24) is 10.2 Å². The molecule has 2 aliphatic rings. The zero-order valence-electron chi connectivity index (χ0n) is 15.6. The zero-order chi connectivity index (χ0) is 17.3. The van der Waals surface area contributed by atoms with Crippen LogP contribution in [0.1, 0.15) is 54.4 Å². The molecule has 5 heteroatoms. The second-order valence-electron chi connectivity index (χ2n) is 8.54. The number of hydrogen-bond acceptors (Lipinski definition) is 4. The minimum atomic E-state index is -0.419. The van der Waals surface area contributed by atoms with Crippen LogP contribution in [0.5, 0.6) is 0 Å². The Labute approximate surface area is 141 Å². The Hall–Kier alpha value is -0.810. The van der Waals surface area contributed by atoms with Crippen LogP contribution >= 0.6 is 0 Å². The smallest absolute Gasteiger partial charge is 0.410 e. The molecular formula is C18H34N2O3. The molecule has 2 fully saturated rings. The Balaban J connectivity index is 1.72. The molecule has 0 spiro atoms. The Bertz CT molecular complexity index is 417. The van der Waals surface area contributed by atoms with Crippen LogP contribution in [0.15, 0.2) is 0 Å². The van der Waals surface area contributed by atoms with Crippen molar-refractivity contribution in [3.63, 3.8) is 0 Å². The Morgan fingerprint density at radius 3 is 2.61 bits per heavy atom. The van der Waals surface area contributed by atoms with Gasteiger partial charge in [0.2, 0.25) is 0 Å². The molecule has 1 saturated heterocycles. The van der Waals surface area contributed by atoms with Gasteiger partial charge in [-0.25, -0.2) is 4.79 Å². The highest BCUT2D eigenvalue weighted by Gasteiger charge is 2.48. The fraction of sp³-hybridized carbons (Fsp3) is 0.944. The minimum Gasteiger partial charge on any atom is -0.444 e. The van der Waals surface area contributed by atoms with Gasteiger partial charge < -0.3 is 19.7 Å². The molecular weight excluding hydrogens is 292 g/mol. The molecule has 0 radical (unpaired) electrons. The number of amides is 1. The molecule has 23 heavy (non-hydrogen) atoms. The number of rotatable bonds is 5. The zero-order valence-corrected chi connectivity index (χ0v) is 15.6. The number of nitrogens with one attached hydrogen (secondary N) is 1. The van der Waals surface area contributed by atoms with Crippen LogP contribution in [0.2, 0.25) is 0 Å². The highest BCUT2D eigenvalue weighted by Crippen LogP contribution is 2.42. The van der Waals surface area contributed by atoms with Gasteiger partial charge in [0, 0.05) is 31.2 Å². The summed E-state index contributed by atoms with van der Waals surface area (Å²) in [5, 5.41) is 3.69. The topological polar surface area (TPSA) is 50.8 Å². The SMILES string of the molecule is CCOC1CC(NCC2CCN(C(=O)OC(C)(C)C)C2)C1(C)C. The lowest BCUT2D eigenvalue weighted by atomic mass is 9.64. The van der Waals surface area contributed by atoms with Crippen LogP contribution in [-0.4, -0.2) is 55.0 Å². The van der Waals surface area contributed by atoms with Crippen LogP contribution in [-0.2, 0) is 9.47 Å². The summed E-state index contributed by atoms with van der Waals surface area (Å²) in [6.07, 6.45) is 2.32. The third kappa shape index (κ3) is 4.60. The van der Waals surface area contributed by atoms with E-state index in [1.807, 2.05) is 25.7 Å². The first-order valence-electron chi connectivity index (χ1n) is 8.96. The first kappa shape index (κ1) is 18.5. The van der Waals surface area contributed by atoms with E-state index in [9.17, 15) is 4.79 Å². The van der Waals surface area contributed by atoms with E-state index in [2.05, 4.69) is 26.1 Å². The Morgan fingerprint density at radius 1 is 1.35 bits per heavy atom. The molecule has 5 nitrogen and oxygen atoms in total. The molecule has 3 atom stereocenters. The maximum absolute atomic E-state index is 12.1. The molecule has 2 rings (SSSR count). The second-order valence-corrected chi connectivity index (χ2v) is 8.54. The van der Waals surface area contributed by atoms with Gasteiger partial charge in [0.15, 0.2) is 0 Å². The summed E-state index contributed by atoms with van der Waals surface area (Å²) in [7, 11) is 0. The number of hydrogen-bond donors (Lipinski definition) is 1. The summed E-state index contributed by atoms with van der Waals surface area (Å²) >= 11 is 0. The van der Waals surface area contributed by atoms with Gasteiger partial charge in [-0.1, -0.05) is 13.8 Å². The maximum atomic E-state index is 12.1. The normalized spacial score (nSPS) is 30.2. The van der Waals surface area contributed by atoms with Crippen LogP contribution < -0.4 is 5.32 Å². The quantitative estimate of drug-likeness (QED) is 0.844. The number of carbonyl (C=O) groups excluding carboxylic acids is 1. The van der Waals surface area contributed by atoms with Gasteiger partial charge in [-0.2, -0.15) is 0 Å². The van der Waals surface area contributed by atoms with E-state index in [0.29, 0.717) is 18.1 Å². The average Bonchev–Trinajstić information content (AvgIpc) is 2.89. The summed E-state index contributed by atoms with van der Waals surface area (Å²) in [6.45, 7) is 15.7. The molecule has 0 aromatic carbocycles. The summed E-state index contributed by atoms with van der Waals surface area (Å²) in [5.41, 5.74) is -0.225. The predicted molar refractivity (Wildman–Crippen MR) is 91.5 cm³/mol. The molecule has 134 valence electrons. The molecule has 0 bridgehead atoms. The summed E-state index contributed by atoms with van der Waals surface area (Å²) in [6, 6.07) is 0.509. The average molecular weight is 326 g/mol. The standard InChI is InChI=1S/C18H34N2O3/c1-7-22-15-10-14(18(15,5)6)19-11-13-8-9-20(12-13)16(21)23-17(2,3)4/h13-15,19H,7-12H2,1-6H3. The van der Waals surface area contributed by atoms with Crippen LogP contribution in [0, 0.1) is 11.3 Å². The van der Waals surface area contributed by atoms with E-state index in [1.165, 1.54) is 0 Å². The lowest BCUT2D eigenvalue weighted by Crippen LogP contribution is -2.61. The van der Waals surface area contributed by atoms with Gasteiger partial charge in [-0.3, -0.25) is 0 Å². The van der Waals surface area contributed by atoms with Crippen molar-refractivity contribution in [2.75, 3.05) is 26.2 Å². The number of nitrogens with zero attached hydrogens (tertiary/aromatic N) is 1. The molecule has 1 aliphatic heterocycles. The van der Waals surface area contributed by atoms with Crippen LogP contribution in [0.3, 0.4) is 0 Å². The molecule has 1 aliphatic carbocycles. The van der Waals surface area contributed by atoms with E-state index < -0.39 is 5.60 Å². The highest BCUT2D eigenvalue weighted by atomic mass is 16.6. The minimum absolute atomic E-state index is 0.180. The van der Waals surface area contributed by atoms with Gasteiger partial charge in [-0.05, 0) is 53.0 Å². The van der Waals surface area contributed by atoms with E-state index >= 15 is 0 Å². The number of likely N-dealkylation sites (tertiary alicyclic amines) is 1. The van der Waals surface area contributed by atoms with Crippen molar-refractivity contribution in [1.29, 1.82) is 0 Å². The van der Waals surface area contributed by atoms with Crippen molar-refractivity contribution in [2.24, 2.45) is 11.3 Å². The fourth-order valence-corrected chi connectivity index (χ4v) is 3.52. The fourth-order valence-electron chi connectivity index (χ4n) is 3.52. The third-order valence-electron chi connectivity index (χ3n) is 5.14. The largest absolute Gasteiger partial charge is 0.444 e. The maximum Gasteiger partial charge on any atom is 0.410 e. The van der Waals surface area contributed by atoms with Crippen molar-refractivity contribution in [3.05, 3.63) is 0 Å². The summed E-state index contributed by atoms with van der Waals surface area (Å²) < 4.78 is 11.2.